The van der Waals surface area contributed by atoms with Gasteiger partial charge in [-0.2, -0.15) is 9.29 Å². The molecule has 0 amide bonds. The molecule has 1 aromatic carbocycles. The van der Waals surface area contributed by atoms with Gasteiger partial charge >= 0.3 is 0 Å². The van der Waals surface area contributed by atoms with Crippen LogP contribution in [0.4, 0.5) is 0 Å². The number of nitrogens with zero attached hydrogens (tertiary/aromatic N) is 4. The summed E-state index contributed by atoms with van der Waals surface area (Å²) in [6, 6.07) is 13.4. The molecule has 28 heavy (non-hydrogen) atoms. The predicted molar refractivity (Wildman–Crippen MR) is 110 cm³/mol. The number of hydrogen-bond acceptors (Lipinski definition) is 7. The molecule has 2 aromatic heterocycles. The van der Waals surface area contributed by atoms with Crippen molar-refractivity contribution in [3.63, 3.8) is 0 Å². The van der Waals surface area contributed by atoms with Gasteiger partial charge < -0.3 is 4.52 Å². The van der Waals surface area contributed by atoms with Gasteiger partial charge in [-0.1, -0.05) is 35.5 Å². The Balaban J connectivity index is 1.32. The quantitative estimate of drug-likeness (QED) is 0.537. The van der Waals surface area contributed by atoms with E-state index in [0.29, 0.717) is 55.1 Å². The second-order valence-corrected chi connectivity index (χ2v) is 11.1. The Morgan fingerprint density at radius 1 is 1.07 bits per heavy atom. The molecule has 3 heterocycles. The van der Waals surface area contributed by atoms with Crippen LogP contribution in [-0.2, 0) is 23.0 Å². The number of aromatic nitrogens is 2. The van der Waals surface area contributed by atoms with Crippen molar-refractivity contribution in [2.75, 3.05) is 26.2 Å². The van der Waals surface area contributed by atoms with Gasteiger partial charge in [-0.15, -0.1) is 11.3 Å². The summed E-state index contributed by atoms with van der Waals surface area (Å²) in [6.45, 7) is 2.68. The Labute approximate surface area is 176 Å². The number of piperazine rings is 1. The van der Waals surface area contributed by atoms with Crippen LogP contribution in [0.1, 0.15) is 17.3 Å². The van der Waals surface area contributed by atoms with Gasteiger partial charge in [0.25, 0.3) is 10.0 Å². The van der Waals surface area contributed by atoms with Crippen molar-refractivity contribution >= 4 is 37.3 Å². The van der Waals surface area contributed by atoms with Crippen molar-refractivity contribution in [3.8, 4) is 0 Å². The van der Waals surface area contributed by atoms with E-state index in [4.69, 9.17) is 4.52 Å². The summed E-state index contributed by atoms with van der Waals surface area (Å²) in [5, 5.41) is 4.05. The van der Waals surface area contributed by atoms with E-state index in [-0.39, 0.29) is 0 Å². The molecule has 148 valence electrons. The smallest absolute Gasteiger partial charge is 0.252 e. The summed E-state index contributed by atoms with van der Waals surface area (Å²) >= 11 is 4.56. The second kappa shape index (κ2) is 8.42. The maximum Gasteiger partial charge on any atom is 0.252 e. The summed E-state index contributed by atoms with van der Waals surface area (Å²) in [6.07, 6.45) is 0.632. The van der Waals surface area contributed by atoms with Crippen LogP contribution in [-0.4, -0.2) is 53.9 Å². The first kappa shape index (κ1) is 19.7. The van der Waals surface area contributed by atoms with Gasteiger partial charge in [0.2, 0.25) is 5.89 Å². The second-order valence-electron chi connectivity index (χ2n) is 6.51. The van der Waals surface area contributed by atoms with Crippen molar-refractivity contribution in [2.24, 2.45) is 0 Å². The molecule has 1 fully saturated rings. The standard InChI is InChI=1S/C18H19BrN4O3S2/c19-15-6-7-18(27-15)28(24,25)23-10-8-22(9-11-23)13-17-20-16(21-26-17)12-14-4-2-1-3-5-14/h1-7H,8-13H2. The third kappa shape index (κ3) is 4.52. The van der Waals surface area contributed by atoms with Crippen molar-refractivity contribution < 1.29 is 12.9 Å². The Hall–Kier alpha value is -1.59. The maximum absolute atomic E-state index is 12.7. The molecule has 10 heteroatoms. The molecule has 3 aromatic rings. The van der Waals surface area contributed by atoms with Crippen LogP contribution in [0, 0.1) is 0 Å². The fourth-order valence-corrected chi connectivity index (χ4v) is 6.67. The first-order valence-electron chi connectivity index (χ1n) is 8.84. The zero-order valence-electron chi connectivity index (χ0n) is 15.0. The van der Waals surface area contributed by atoms with Crippen LogP contribution in [0.15, 0.2) is 55.0 Å². The zero-order valence-corrected chi connectivity index (χ0v) is 18.2. The average molecular weight is 483 g/mol. The Kier molecular flexibility index (Phi) is 5.93. The molecule has 0 spiro atoms. The van der Waals surface area contributed by atoms with E-state index in [1.165, 1.54) is 15.6 Å². The minimum atomic E-state index is -3.42. The van der Waals surface area contributed by atoms with Crippen LogP contribution in [0.3, 0.4) is 0 Å². The minimum absolute atomic E-state index is 0.371. The number of thiophene rings is 1. The molecule has 7 nitrogen and oxygen atoms in total. The van der Waals surface area contributed by atoms with Gasteiger partial charge in [0.1, 0.15) is 4.21 Å². The SMILES string of the molecule is O=S(=O)(c1ccc(Br)s1)N1CCN(Cc2nc(Cc3ccccc3)no2)CC1. The average Bonchev–Trinajstić information content (AvgIpc) is 3.32. The van der Waals surface area contributed by atoms with E-state index in [0.717, 1.165) is 9.35 Å². The van der Waals surface area contributed by atoms with Crippen molar-refractivity contribution in [3.05, 3.63) is 63.5 Å². The molecule has 0 radical (unpaired) electrons. The third-order valence-electron chi connectivity index (χ3n) is 4.55. The van der Waals surface area contributed by atoms with E-state index < -0.39 is 10.0 Å². The molecule has 0 atom stereocenters. The molecule has 1 aliphatic rings. The van der Waals surface area contributed by atoms with Crippen LogP contribution in [0.2, 0.25) is 0 Å². The van der Waals surface area contributed by atoms with E-state index in [2.05, 4.69) is 31.0 Å². The summed E-state index contributed by atoms with van der Waals surface area (Å²) < 4.78 is 33.5. The van der Waals surface area contributed by atoms with Crippen molar-refractivity contribution in [1.82, 2.24) is 19.3 Å². The van der Waals surface area contributed by atoms with Crippen LogP contribution in [0.5, 0.6) is 0 Å². The van der Waals surface area contributed by atoms with Gasteiger partial charge in [-0.25, -0.2) is 8.42 Å². The number of rotatable bonds is 6. The van der Waals surface area contributed by atoms with Crippen molar-refractivity contribution in [1.29, 1.82) is 0 Å². The topological polar surface area (TPSA) is 79.5 Å². The van der Waals surface area contributed by atoms with Crippen LogP contribution >= 0.6 is 27.3 Å². The lowest BCUT2D eigenvalue weighted by atomic mass is 10.1. The van der Waals surface area contributed by atoms with E-state index in [1.54, 1.807) is 12.1 Å². The van der Waals surface area contributed by atoms with Gasteiger partial charge in [0.05, 0.1) is 10.3 Å². The summed E-state index contributed by atoms with van der Waals surface area (Å²) in [4.78, 5) is 6.60. The normalized spacial score (nSPS) is 16.5. The highest BCUT2D eigenvalue weighted by atomic mass is 79.9. The lowest BCUT2D eigenvalue weighted by Crippen LogP contribution is -2.48. The molecular formula is C18H19BrN4O3S2. The minimum Gasteiger partial charge on any atom is -0.338 e. The molecule has 0 bridgehead atoms. The van der Waals surface area contributed by atoms with Gasteiger partial charge in [-0.05, 0) is 33.6 Å². The Morgan fingerprint density at radius 2 is 1.82 bits per heavy atom. The Bertz CT molecular complexity index is 1030. The third-order valence-corrected chi connectivity index (χ3v) is 8.54. The highest BCUT2D eigenvalue weighted by Gasteiger charge is 2.30. The number of halogens is 1. The molecule has 0 saturated carbocycles. The highest BCUT2D eigenvalue weighted by Crippen LogP contribution is 2.29. The van der Waals surface area contributed by atoms with E-state index in [9.17, 15) is 8.42 Å². The van der Waals surface area contributed by atoms with Gasteiger partial charge in [0.15, 0.2) is 5.82 Å². The monoisotopic (exact) mass is 482 g/mol. The largest absolute Gasteiger partial charge is 0.338 e. The fourth-order valence-electron chi connectivity index (χ4n) is 3.09. The number of benzene rings is 1. The summed E-state index contributed by atoms with van der Waals surface area (Å²) in [7, 11) is -3.42. The molecule has 4 rings (SSSR count). The summed E-state index contributed by atoms with van der Waals surface area (Å²) in [5.41, 5.74) is 1.13. The molecule has 0 aliphatic carbocycles. The number of sulfonamides is 1. The highest BCUT2D eigenvalue weighted by molar-refractivity contribution is 9.11. The molecule has 0 N–H and O–H groups in total. The molecule has 1 saturated heterocycles. The molecular weight excluding hydrogens is 464 g/mol. The molecule has 1 aliphatic heterocycles. The first-order valence-corrected chi connectivity index (χ1v) is 11.9. The predicted octanol–water partition coefficient (Wildman–Crippen LogP) is 2.99. The zero-order chi connectivity index (χ0) is 19.6. The van der Waals surface area contributed by atoms with Crippen LogP contribution < -0.4 is 0 Å². The van der Waals surface area contributed by atoms with E-state index >= 15 is 0 Å². The Morgan fingerprint density at radius 3 is 2.50 bits per heavy atom. The molecule has 0 unspecified atom stereocenters. The summed E-state index contributed by atoms with van der Waals surface area (Å²) in [5.74, 6) is 1.22. The lowest BCUT2D eigenvalue weighted by Gasteiger charge is -2.32. The van der Waals surface area contributed by atoms with Gasteiger partial charge in [0, 0.05) is 32.6 Å². The number of hydrogen-bond donors (Lipinski definition) is 0. The maximum atomic E-state index is 12.7. The fraction of sp³-hybridized carbons (Fsp3) is 0.333. The van der Waals surface area contributed by atoms with Crippen LogP contribution in [0.25, 0.3) is 0 Å². The van der Waals surface area contributed by atoms with Crippen molar-refractivity contribution in [2.45, 2.75) is 17.2 Å². The lowest BCUT2D eigenvalue weighted by molar-refractivity contribution is 0.163. The van der Waals surface area contributed by atoms with E-state index in [1.807, 2.05) is 30.3 Å². The van der Waals surface area contributed by atoms with Gasteiger partial charge in [-0.3, -0.25) is 4.90 Å². The first-order chi connectivity index (χ1) is 13.5.